The van der Waals surface area contributed by atoms with Crippen molar-refractivity contribution < 1.29 is 9.53 Å². The lowest BCUT2D eigenvalue weighted by Crippen LogP contribution is -2.51. The molecule has 1 atom stereocenters. The van der Waals surface area contributed by atoms with Crippen LogP contribution in [0.25, 0.3) is 0 Å². The third-order valence-corrected chi connectivity index (χ3v) is 5.01. The monoisotopic (exact) mass is 323 g/mol. The minimum Gasteiger partial charge on any atom is -0.381 e. The Morgan fingerprint density at radius 3 is 2.48 bits per heavy atom. The van der Waals surface area contributed by atoms with Crippen molar-refractivity contribution in [2.24, 2.45) is 5.92 Å². The van der Waals surface area contributed by atoms with E-state index in [0.29, 0.717) is 12.0 Å². The normalized spacial score (nSPS) is 22.4. The van der Waals surface area contributed by atoms with Crippen LogP contribution in [0.5, 0.6) is 0 Å². The number of allylic oxidation sites excluding steroid dienone is 1. The number of hydrogen-bond acceptors (Lipinski definition) is 3. The van der Waals surface area contributed by atoms with Gasteiger partial charge in [0.15, 0.2) is 0 Å². The fraction of sp³-hybridized carbons (Fsp3) is 0.833. The second-order valence-electron chi connectivity index (χ2n) is 7.21. The molecule has 2 saturated heterocycles. The van der Waals surface area contributed by atoms with E-state index in [4.69, 9.17) is 4.74 Å². The summed E-state index contributed by atoms with van der Waals surface area (Å²) in [7, 11) is 0. The highest BCUT2D eigenvalue weighted by molar-refractivity contribution is 5.74. The maximum absolute atomic E-state index is 12.2. The Hall–Kier alpha value is -1.07. The second-order valence-corrected chi connectivity index (χ2v) is 7.21. The number of ether oxygens (including phenoxy) is 1. The molecule has 0 bridgehead atoms. The maximum Gasteiger partial charge on any atom is 0.315 e. The van der Waals surface area contributed by atoms with Gasteiger partial charge in [-0.25, -0.2) is 4.79 Å². The number of carbonyl (C=O) groups excluding carboxylic acids is 1. The highest BCUT2D eigenvalue weighted by Gasteiger charge is 2.24. The molecule has 0 aromatic carbocycles. The average Bonchev–Trinajstić information content (AvgIpc) is 2.55. The largest absolute Gasteiger partial charge is 0.381 e. The third kappa shape index (κ3) is 6.51. The standard InChI is InChI=1S/C18H33N3O2/c1-14(2)4-9-21-10-5-17(6-11-21)20-18(22)19-15(3)16-7-12-23-13-8-16/h4,15-17H,5-13H2,1-3H3,(H2,19,20,22). The Bertz CT molecular complexity index is 393. The van der Waals surface area contributed by atoms with Crippen LogP contribution in [0.4, 0.5) is 4.79 Å². The number of likely N-dealkylation sites (tertiary alicyclic amines) is 1. The van der Waals surface area contributed by atoms with Gasteiger partial charge in [-0.1, -0.05) is 11.6 Å². The van der Waals surface area contributed by atoms with Crippen LogP contribution in [0.2, 0.25) is 0 Å². The van der Waals surface area contributed by atoms with Crippen LogP contribution in [-0.4, -0.2) is 55.9 Å². The molecular formula is C18H33N3O2. The lowest BCUT2D eigenvalue weighted by atomic mass is 9.93. The maximum atomic E-state index is 12.2. The molecule has 2 heterocycles. The first kappa shape index (κ1) is 18.3. The number of carbonyl (C=O) groups is 1. The SMILES string of the molecule is CC(C)=CCN1CCC(NC(=O)NC(C)C2CCOCC2)CC1. The van der Waals surface area contributed by atoms with Gasteiger partial charge in [-0.05, 0) is 52.4 Å². The fourth-order valence-corrected chi connectivity index (χ4v) is 3.34. The van der Waals surface area contributed by atoms with Crippen LogP contribution in [0, 0.1) is 5.92 Å². The summed E-state index contributed by atoms with van der Waals surface area (Å²) in [5.41, 5.74) is 1.37. The van der Waals surface area contributed by atoms with Crippen molar-refractivity contribution >= 4 is 6.03 Å². The molecule has 23 heavy (non-hydrogen) atoms. The van der Waals surface area contributed by atoms with Crippen LogP contribution in [0.1, 0.15) is 46.5 Å². The Morgan fingerprint density at radius 1 is 1.22 bits per heavy atom. The Morgan fingerprint density at radius 2 is 1.87 bits per heavy atom. The number of piperidine rings is 1. The predicted molar refractivity (Wildman–Crippen MR) is 93.6 cm³/mol. The zero-order valence-corrected chi connectivity index (χ0v) is 14.9. The van der Waals surface area contributed by atoms with Crippen molar-refractivity contribution in [3.8, 4) is 0 Å². The van der Waals surface area contributed by atoms with Crippen molar-refractivity contribution in [1.82, 2.24) is 15.5 Å². The molecule has 0 aromatic heterocycles. The van der Waals surface area contributed by atoms with Crippen LogP contribution in [-0.2, 0) is 4.74 Å². The van der Waals surface area contributed by atoms with Gasteiger partial charge in [-0.3, -0.25) is 4.90 Å². The lowest BCUT2D eigenvalue weighted by molar-refractivity contribution is 0.0570. The quantitative estimate of drug-likeness (QED) is 0.765. The van der Waals surface area contributed by atoms with Gasteiger partial charge < -0.3 is 15.4 Å². The summed E-state index contributed by atoms with van der Waals surface area (Å²) >= 11 is 0. The Balaban J connectivity index is 1.65. The van der Waals surface area contributed by atoms with Crippen molar-refractivity contribution in [2.45, 2.75) is 58.5 Å². The van der Waals surface area contributed by atoms with E-state index < -0.39 is 0 Å². The topological polar surface area (TPSA) is 53.6 Å². The minimum atomic E-state index is -0.00765. The van der Waals surface area contributed by atoms with E-state index in [1.807, 2.05) is 0 Å². The smallest absolute Gasteiger partial charge is 0.315 e. The third-order valence-electron chi connectivity index (χ3n) is 5.01. The van der Waals surface area contributed by atoms with Gasteiger partial charge in [0.2, 0.25) is 0 Å². The van der Waals surface area contributed by atoms with Crippen molar-refractivity contribution in [1.29, 1.82) is 0 Å². The molecule has 2 fully saturated rings. The Labute approximate surface area is 140 Å². The van der Waals surface area contributed by atoms with E-state index in [0.717, 1.165) is 58.5 Å². The Kier molecular flexibility index (Phi) is 7.37. The van der Waals surface area contributed by atoms with E-state index >= 15 is 0 Å². The molecule has 2 rings (SSSR count). The number of hydrogen-bond donors (Lipinski definition) is 2. The van der Waals surface area contributed by atoms with Gasteiger partial charge in [0, 0.05) is 44.9 Å². The second kappa shape index (κ2) is 9.28. The number of amides is 2. The van der Waals surface area contributed by atoms with E-state index in [1.165, 1.54) is 5.57 Å². The first-order valence-electron chi connectivity index (χ1n) is 9.05. The van der Waals surface area contributed by atoms with Crippen LogP contribution < -0.4 is 10.6 Å². The van der Waals surface area contributed by atoms with Gasteiger partial charge in [-0.15, -0.1) is 0 Å². The number of urea groups is 1. The lowest BCUT2D eigenvalue weighted by Gasteiger charge is -2.33. The molecule has 5 nitrogen and oxygen atoms in total. The summed E-state index contributed by atoms with van der Waals surface area (Å²) < 4.78 is 5.38. The highest BCUT2D eigenvalue weighted by atomic mass is 16.5. The summed E-state index contributed by atoms with van der Waals surface area (Å²) in [6.07, 6.45) is 6.44. The van der Waals surface area contributed by atoms with E-state index in [-0.39, 0.29) is 12.1 Å². The van der Waals surface area contributed by atoms with Gasteiger partial charge in [0.25, 0.3) is 0 Å². The fourth-order valence-electron chi connectivity index (χ4n) is 3.34. The molecule has 0 spiro atoms. The molecule has 2 amide bonds. The van der Waals surface area contributed by atoms with Crippen LogP contribution in [0.15, 0.2) is 11.6 Å². The van der Waals surface area contributed by atoms with E-state index in [9.17, 15) is 4.79 Å². The first-order valence-corrected chi connectivity index (χ1v) is 9.05. The molecule has 0 aromatic rings. The molecule has 132 valence electrons. The molecule has 2 aliphatic rings. The average molecular weight is 323 g/mol. The van der Waals surface area contributed by atoms with Crippen molar-refractivity contribution in [3.05, 3.63) is 11.6 Å². The van der Waals surface area contributed by atoms with Gasteiger partial charge in [0.05, 0.1) is 0 Å². The summed E-state index contributed by atoms with van der Waals surface area (Å²) in [4.78, 5) is 14.6. The van der Waals surface area contributed by atoms with Crippen LogP contribution >= 0.6 is 0 Å². The molecular weight excluding hydrogens is 290 g/mol. The zero-order valence-electron chi connectivity index (χ0n) is 14.9. The highest BCUT2D eigenvalue weighted by Crippen LogP contribution is 2.18. The van der Waals surface area contributed by atoms with Crippen LogP contribution in [0.3, 0.4) is 0 Å². The zero-order chi connectivity index (χ0) is 16.7. The number of rotatable bonds is 5. The summed E-state index contributed by atoms with van der Waals surface area (Å²) in [6, 6.07) is 0.517. The van der Waals surface area contributed by atoms with Crippen molar-refractivity contribution in [3.63, 3.8) is 0 Å². The summed E-state index contributed by atoms with van der Waals surface area (Å²) in [5.74, 6) is 0.542. The number of nitrogens with zero attached hydrogens (tertiary/aromatic N) is 1. The van der Waals surface area contributed by atoms with Crippen molar-refractivity contribution in [2.75, 3.05) is 32.8 Å². The summed E-state index contributed by atoms with van der Waals surface area (Å²) in [6.45, 7) is 11.2. The molecule has 5 heteroatoms. The summed E-state index contributed by atoms with van der Waals surface area (Å²) in [5, 5.41) is 6.27. The van der Waals surface area contributed by atoms with Gasteiger partial charge in [-0.2, -0.15) is 0 Å². The van der Waals surface area contributed by atoms with E-state index in [1.54, 1.807) is 0 Å². The van der Waals surface area contributed by atoms with E-state index in [2.05, 4.69) is 42.4 Å². The van der Waals surface area contributed by atoms with Gasteiger partial charge in [0.1, 0.15) is 0 Å². The molecule has 2 aliphatic heterocycles. The van der Waals surface area contributed by atoms with Gasteiger partial charge >= 0.3 is 6.03 Å². The predicted octanol–water partition coefficient (Wildman–Crippen LogP) is 2.53. The molecule has 0 saturated carbocycles. The molecule has 1 unspecified atom stereocenters. The first-order chi connectivity index (χ1) is 11.0. The molecule has 0 aliphatic carbocycles. The molecule has 0 radical (unpaired) electrons. The minimum absolute atomic E-state index is 0.00765. The number of nitrogens with one attached hydrogen (secondary N) is 2. The molecule has 2 N–H and O–H groups in total.